The number of furan rings is 1. The largest absolute Gasteiger partial charge is 0.456 e. The number of hydrogen-bond acceptors (Lipinski definition) is 2. The van der Waals surface area contributed by atoms with Crippen LogP contribution in [0.4, 0.5) is 17.1 Å². The van der Waals surface area contributed by atoms with Gasteiger partial charge in [-0.05, 0) is 103 Å². The summed E-state index contributed by atoms with van der Waals surface area (Å²) in [7, 11) is 0. The molecule has 9 rings (SSSR count). The number of para-hydroxylation sites is 3. The van der Waals surface area contributed by atoms with Crippen LogP contribution in [0.2, 0.25) is 0 Å². The van der Waals surface area contributed by atoms with E-state index in [1.807, 2.05) is 6.07 Å². The van der Waals surface area contributed by atoms with E-state index in [2.05, 4.69) is 176 Å². The molecule has 0 amide bonds. The quantitative estimate of drug-likeness (QED) is 0.171. The van der Waals surface area contributed by atoms with Crippen molar-refractivity contribution >= 4 is 62.1 Å². The summed E-state index contributed by atoms with van der Waals surface area (Å²) in [5.41, 5.74) is 19.1. The minimum absolute atomic E-state index is 0.0229. The zero-order valence-electron chi connectivity index (χ0n) is 31.4. The van der Waals surface area contributed by atoms with E-state index < -0.39 is 0 Å². The average molecular weight is 664 g/mol. The molecule has 0 bridgehead atoms. The Labute approximate surface area is 303 Å². The molecule has 0 N–H and O–H groups in total. The summed E-state index contributed by atoms with van der Waals surface area (Å²) < 4.78 is 6.28. The number of hydrogen-bond donors (Lipinski definition) is 0. The Morgan fingerprint density at radius 3 is 1.86 bits per heavy atom. The fourth-order valence-corrected chi connectivity index (χ4v) is 8.94. The van der Waals surface area contributed by atoms with Crippen molar-refractivity contribution < 1.29 is 4.42 Å². The molecule has 0 saturated carbocycles. The summed E-state index contributed by atoms with van der Waals surface area (Å²) in [5.74, 6) is 0. The average Bonchev–Trinajstić information content (AvgIpc) is 3.63. The molecule has 0 unspecified atom stereocenters. The lowest BCUT2D eigenvalue weighted by Crippen LogP contribution is -2.55. The zero-order chi connectivity index (χ0) is 35.6. The van der Waals surface area contributed by atoms with Gasteiger partial charge in [0.15, 0.2) is 0 Å². The maximum absolute atomic E-state index is 6.28. The van der Waals surface area contributed by atoms with Crippen LogP contribution in [0.15, 0.2) is 120 Å². The molecule has 7 aromatic rings. The predicted molar refractivity (Wildman–Crippen MR) is 220 cm³/mol. The number of anilines is 3. The SMILES string of the molecule is CC(C)(C)c1ccccc1N1c2cc(-c3ccc4oc5ccccc5c4c3)cc3c2B(c2cccc(C(C)(C)C)c2-3)c2cccc(C(C)(C)C)c21. The highest BCUT2D eigenvalue weighted by Crippen LogP contribution is 2.49. The second-order valence-corrected chi connectivity index (χ2v) is 17.8. The second-order valence-electron chi connectivity index (χ2n) is 17.8. The first kappa shape index (κ1) is 31.9. The van der Waals surface area contributed by atoms with Crippen molar-refractivity contribution in [1.82, 2.24) is 0 Å². The molecule has 0 radical (unpaired) electrons. The van der Waals surface area contributed by atoms with E-state index in [0.717, 1.165) is 21.9 Å². The number of fused-ring (bicyclic) bond motifs is 8. The van der Waals surface area contributed by atoms with Gasteiger partial charge in [-0.1, -0.05) is 147 Å². The third-order valence-corrected chi connectivity index (χ3v) is 11.2. The van der Waals surface area contributed by atoms with Crippen molar-refractivity contribution in [3.8, 4) is 22.3 Å². The van der Waals surface area contributed by atoms with Crippen molar-refractivity contribution in [1.29, 1.82) is 0 Å². The van der Waals surface area contributed by atoms with Gasteiger partial charge in [-0.3, -0.25) is 0 Å². The summed E-state index contributed by atoms with van der Waals surface area (Å²) in [6.45, 7) is 21.3. The van der Waals surface area contributed by atoms with Crippen LogP contribution in [0.5, 0.6) is 0 Å². The Kier molecular flexibility index (Phi) is 6.73. The van der Waals surface area contributed by atoms with E-state index in [1.54, 1.807) is 0 Å². The van der Waals surface area contributed by atoms with Crippen LogP contribution in [0.25, 0.3) is 44.2 Å². The molecule has 1 aromatic heterocycles. The Hall–Kier alpha value is -5.02. The molecule has 6 aromatic carbocycles. The first-order valence-electron chi connectivity index (χ1n) is 18.5. The monoisotopic (exact) mass is 663 g/mol. The summed E-state index contributed by atoms with van der Waals surface area (Å²) in [5, 5.41) is 2.31. The van der Waals surface area contributed by atoms with Crippen LogP contribution in [-0.4, -0.2) is 6.71 Å². The molecule has 2 aliphatic rings. The molecule has 2 nitrogen and oxygen atoms in total. The van der Waals surface area contributed by atoms with Gasteiger partial charge in [0.25, 0.3) is 0 Å². The van der Waals surface area contributed by atoms with Crippen molar-refractivity contribution in [2.75, 3.05) is 4.90 Å². The second kappa shape index (κ2) is 10.7. The van der Waals surface area contributed by atoms with E-state index in [-0.39, 0.29) is 23.0 Å². The minimum atomic E-state index is -0.0692. The Morgan fingerprint density at radius 2 is 1.12 bits per heavy atom. The molecular weight excluding hydrogens is 617 g/mol. The van der Waals surface area contributed by atoms with Crippen LogP contribution >= 0.6 is 0 Å². The molecule has 3 heteroatoms. The van der Waals surface area contributed by atoms with Crippen LogP contribution in [0, 0.1) is 0 Å². The minimum Gasteiger partial charge on any atom is -0.456 e. The van der Waals surface area contributed by atoms with E-state index in [4.69, 9.17) is 4.42 Å². The van der Waals surface area contributed by atoms with Gasteiger partial charge < -0.3 is 9.32 Å². The van der Waals surface area contributed by atoms with Crippen molar-refractivity contribution in [3.63, 3.8) is 0 Å². The Bertz CT molecular complexity index is 2550. The highest BCUT2D eigenvalue weighted by Gasteiger charge is 2.46. The molecule has 0 aliphatic carbocycles. The topological polar surface area (TPSA) is 16.4 Å². The van der Waals surface area contributed by atoms with E-state index in [1.165, 1.54) is 72.4 Å². The third kappa shape index (κ3) is 4.77. The number of nitrogens with zero attached hydrogens (tertiary/aromatic N) is 1. The van der Waals surface area contributed by atoms with Crippen LogP contribution in [0.3, 0.4) is 0 Å². The molecule has 0 fully saturated rings. The van der Waals surface area contributed by atoms with Gasteiger partial charge in [-0.15, -0.1) is 0 Å². The van der Waals surface area contributed by atoms with Gasteiger partial charge in [0.2, 0.25) is 6.71 Å². The third-order valence-electron chi connectivity index (χ3n) is 11.2. The highest BCUT2D eigenvalue weighted by atomic mass is 16.3. The lowest BCUT2D eigenvalue weighted by Gasteiger charge is -2.41. The van der Waals surface area contributed by atoms with Gasteiger partial charge >= 0.3 is 0 Å². The maximum Gasteiger partial charge on any atom is 0.248 e. The van der Waals surface area contributed by atoms with E-state index in [0.29, 0.717) is 0 Å². The van der Waals surface area contributed by atoms with Gasteiger partial charge in [-0.25, -0.2) is 0 Å². The summed E-state index contributed by atoms with van der Waals surface area (Å²) >= 11 is 0. The normalized spacial score (nSPS) is 13.9. The molecule has 2 aliphatic heterocycles. The Balaban J connectivity index is 1.43. The standard InChI is InChI=1S/C48H46BNO/c1-46(2,3)34-17-11-12-22-39(34)50-40-28-30(29-24-25-42-32(26-29)31-16-10-13-23-41(31)51-42)27-33-43-35(47(4,5)6)18-14-20-37(43)49(44(33)40)38-21-15-19-36(45(38)50)48(7,8)9/h10-28H,1-9H3. The zero-order valence-corrected chi connectivity index (χ0v) is 31.4. The molecular formula is C48H46BNO. The van der Waals surface area contributed by atoms with Crippen LogP contribution in [-0.2, 0) is 16.2 Å². The highest BCUT2D eigenvalue weighted by molar-refractivity contribution is 7.01. The molecule has 51 heavy (non-hydrogen) atoms. The maximum atomic E-state index is 6.28. The van der Waals surface area contributed by atoms with E-state index in [9.17, 15) is 0 Å². The number of benzene rings is 6. The predicted octanol–water partition coefficient (Wildman–Crippen LogP) is 11.4. The smallest absolute Gasteiger partial charge is 0.248 e. The van der Waals surface area contributed by atoms with Crippen LogP contribution in [0.1, 0.15) is 79.0 Å². The van der Waals surface area contributed by atoms with Crippen LogP contribution < -0.4 is 21.3 Å². The van der Waals surface area contributed by atoms with E-state index >= 15 is 0 Å². The molecule has 0 atom stereocenters. The summed E-state index contributed by atoms with van der Waals surface area (Å²) in [6.07, 6.45) is 0. The molecule has 3 heterocycles. The number of rotatable bonds is 2. The van der Waals surface area contributed by atoms with Gasteiger partial charge in [-0.2, -0.15) is 0 Å². The Morgan fingerprint density at radius 1 is 0.490 bits per heavy atom. The van der Waals surface area contributed by atoms with Gasteiger partial charge in [0, 0.05) is 27.8 Å². The molecule has 0 spiro atoms. The molecule has 0 saturated heterocycles. The van der Waals surface area contributed by atoms with Crippen molar-refractivity contribution in [2.45, 2.75) is 78.6 Å². The fourth-order valence-electron chi connectivity index (χ4n) is 8.94. The van der Waals surface area contributed by atoms with Crippen molar-refractivity contribution in [2.24, 2.45) is 0 Å². The first-order chi connectivity index (χ1) is 24.2. The first-order valence-corrected chi connectivity index (χ1v) is 18.5. The van der Waals surface area contributed by atoms with Gasteiger partial charge in [0.05, 0.1) is 0 Å². The lowest BCUT2D eigenvalue weighted by molar-refractivity contribution is 0.587. The summed E-state index contributed by atoms with van der Waals surface area (Å²) in [4.78, 5) is 2.64. The van der Waals surface area contributed by atoms with Gasteiger partial charge in [0.1, 0.15) is 11.2 Å². The fraction of sp³-hybridized carbons (Fsp3) is 0.250. The van der Waals surface area contributed by atoms with Crippen molar-refractivity contribution in [3.05, 3.63) is 132 Å². The molecule has 252 valence electrons. The lowest BCUT2D eigenvalue weighted by atomic mass is 9.36. The summed E-state index contributed by atoms with van der Waals surface area (Å²) in [6, 6.07) is 43.3.